The van der Waals surface area contributed by atoms with Crippen LogP contribution in [0.5, 0.6) is 0 Å². The second-order valence-corrected chi connectivity index (χ2v) is 12.6. The van der Waals surface area contributed by atoms with Crippen LogP contribution in [0.3, 0.4) is 0 Å². The van der Waals surface area contributed by atoms with Crippen LogP contribution in [0.2, 0.25) is 0 Å². The average Bonchev–Trinajstić information content (AvgIpc) is 3.39. The molecule has 4 rings (SSSR count). The van der Waals surface area contributed by atoms with E-state index in [2.05, 4.69) is 15.3 Å². The van der Waals surface area contributed by atoms with Gasteiger partial charge in [0.25, 0.3) is 15.9 Å². The maximum atomic E-state index is 13.6. The highest BCUT2D eigenvalue weighted by molar-refractivity contribution is 7.90. The molecule has 1 heterocycles. The van der Waals surface area contributed by atoms with E-state index in [1.807, 2.05) is 82.4 Å². The van der Waals surface area contributed by atoms with Crippen LogP contribution in [0.4, 0.5) is 10.5 Å². The molecule has 2 N–H and O–H groups in total. The van der Waals surface area contributed by atoms with Gasteiger partial charge in [0.15, 0.2) is 0 Å². The number of anilines is 1. The van der Waals surface area contributed by atoms with E-state index in [4.69, 9.17) is 0 Å². The van der Waals surface area contributed by atoms with Gasteiger partial charge in [-0.05, 0) is 116 Å². The Morgan fingerprint density at radius 1 is 1.00 bits per heavy atom. The Balaban J connectivity index is 1.55. The highest BCUT2D eigenvalue weighted by atomic mass is 32.2. The van der Waals surface area contributed by atoms with Gasteiger partial charge in [-0.3, -0.25) is 15.5 Å². The van der Waals surface area contributed by atoms with Gasteiger partial charge in [0.1, 0.15) is 6.07 Å². The van der Waals surface area contributed by atoms with Crippen molar-refractivity contribution in [3.05, 3.63) is 94.2 Å². The number of carbonyl (C=O) groups is 2. The van der Waals surface area contributed by atoms with Crippen molar-refractivity contribution in [2.24, 2.45) is 5.10 Å². The second kappa shape index (κ2) is 13.1. The minimum Gasteiger partial charge on any atom is -0.450 e. The van der Waals surface area contributed by atoms with Crippen molar-refractivity contribution in [1.82, 2.24) is 9.29 Å². The van der Waals surface area contributed by atoms with Crippen molar-refractivity contribution < 1.29 is 22.7 Å². The van der Waals surface area contributed by atoms with E-state index >= 15 is 0 Å². The van der Waals surface area contributed by atoms with Crippen LogP contribution in [0.25, 0.3) is 10.9 Å². The van der Waals surface area contributed by atoms with Crippen molar-refractivity contribution >= 4 is 44.3 Å². The summed E-state index contributed by atoms with van der Waals surface area (Å²) in [6, 6.07) is 18.2. The lowest BCUT2D eigenvalue weighted by atomic mass is 9.95. The molecule has 0 saturated carbocycles. The molecule has 0 unspecified atom stereocenters. The number of carbonyl (C=O) groups excluding carboxylic acids is 2. The minimum atomic E-state index is -3.78. The van der Waals surface area contributed by atoms with E-state index in [1.165, 1.54) is 3.97 Å². The third kappa shape index (κ3) is 6.82. The molecule has 0 radical (unpaired) electrons. The first kappa shape index (κ1) is 32.0. The summed E-state index contributed by atoms with van der Waals surface area (Å²) in [5.41, 5.74) is 9.43. The SMILES string of the molecule is CCOC(=O)NC(=O)C(C#N)=NNc1cc(C)c(Cc2ccc3c(ccn3S(=O)(=O)c3ccc(C)c(C(C)C)c3)c2)c(C)c1. The molecule has 0 aliphatic rings. The van der Waals surface area contributed by atoms with Crippen LogP contribution in [0.1, 0.15) is 60.1 Å². The first-order chi connectivity index (χ1) is 20.8. The normalized spacial score (nSPS) is 11.8. The molecule has 0 fully saturated rings. The molecule has 0 spiro atoms. The summed E-state index contributed by atoms with van der Waals surface area (Å²) in [5.74, 6) is -0.766. The number of benzene rings is 3. The van der Waals surface area contributed by atoms with Gasteiger partial charge in [-0.1, -0.05) is 26.0 Å². The summed E-state index contributed by atoms with van der Waals surface area (Å²) in [6.07, 6.45) is 1.24. The number of aryl methyl sites for hydroxylation is 3. The number of aromatic nitrogens is 1. The number of nitrogens with one attached hydrogen (secondary N) is 2. The second-order valence-electron chi connectivity index (χ2n) is 10.8. The van der Waals surface area contributed by atoms with E-state index in [1.54, 1.807) is 31.3 Å². The number of hydrogen-bond donors (Lipinski definition) is 2. The Labute approximate surface area is 257 Å². The minimum absolute atomic E-state index is 0.0804. The van der Waals surface area contributed by atoms with Crippen molar-refractivity contribution in [3.8, 4) is 6.07 Å². The maximum absolute atomic E-state index is 13.6. The monoisotopic (exact) mass is 613 g/mol. The third-order valence-corrected chi connectivity index (χ3v) is 9.02. The lowest BCUT2D eigenvalue weighted by molar-refractivity contribution is -0.114. The lowest BCUT2D eigenvalue weighted by Gasteiger charge is -2.14. The van der Waals surface area contributed by atoms with Crippen LogP contribution in [-0.2, 0) is 26.0 Å². The zero-order chi connectivity index (χ0) is 32.2. The summed E-state index contributed by atoms with van der Waals surface area (Å²) >= 11 is 0. The quantitative estimate of drug-likeness (QED) is 0.172. The molecule has 0 aliphatic carbocycles. The van der Waals surface area contributed by atoms with Crippen molar-refractivity contribution in [1.29, 1.82) is 5.26 Å². The summed E-state index contributed by atoms with van der Waals surface area (Å²) in [4.78, 5) is 23.8. The molecule has 228 valence electrons. The average molecular weight is 614 g/mol. The van der Waals surface area contributed by atoms with Gasteiger partial charge in [0, 0.05) is 11.6 Å². The predicted octanol–water partition coefficient (Wildman–Crippen LogP) is 6.08. The zero-order valence-electron chi connectivity index (χ0n) is 25.6. The van der Waals surface area contributed by atoms with E-state index in [9.17, 15) is 23.3 Å². The third-order valence-electron chi connectivity index (χ3n) is 7.33. The largest absolute Gasteiger partial charge is 0.450 e. The predicted molar refractivity (Wildman–Crippen MR) is 170 cm³/mol. The molecule has 4 aromatic rings. The fourth-order valence-corrected chi connectivity index (χ4v) is 6.50. The van der Waals surface area contributed by atoms with Crippen LogP contribution in [-0.4, -0.2) is 36.7 Å². The maximum Gasteiger partial charge on any atom is 0.414 e. The summed E-state index contributed by atoms with van der Waals surface area (Å²) in [6.45, 7) is 11.7. The molecule has 44 heavy (non-hydrogen) atoms. The lowest BCUT2D eigenvalue weighted by Crippen LogP contribution is -2.36. The number of alkyl carbamates (subject to hydrolysis) is 1. The fourth-order valence-electron chi connectivity index (χ4n) is 5.11. The van der Waals surface area contributed by atoms with Gasteiger partial charge in [0.2, 0.25) is 5.71 Å². The molecule has 10 nitrogen and oxygen atoms in total. The van der Waals surface area contributed by atoms with Crippen LogP contribution >= 0.6 is 0 Å². The van der Waals surface area contributed by atoms with Gasteiger partial charge in [-0.15, -0.1) is 0 Å². The van der Waals surface area contributed by atoms with E-state index in [0.29, 0.717) is 17.6 Å². The molecular formula is C33H35N5O5S. The molecule has 2 amide bonds. The number of hydrazone groups is 1. The van der Waals surface area contributed by atoms with Gasteiger partial charge >= 0.3 is 6.09 Å². The number of ether oxygens (including phenoxy) is 1. The van der Waals surface area contributed by atoms with Crippen molar-refractivity contribution in [2.75, 3.05) is 12.0 Å². The molecule has 0 aliphatic heterocycles. The van der Waals surface area contributed by atoms with Crippen molar-refractivity contribution in [2.45, 2.75) is 58.8 Å². The Morgan fingerprint density at radius 3 is 2.34 bits per heavy atom. The highest BCUT2D eigenvalue weighted by Crippen LogP contribution is 2.29. The Bertz CT molecular complexity index is 1910. The van der Waals surface area contributed by atoms with E-state index < -0.39 is 27.7 Å². The van der Waals surface area contributed by atoms with Crippen molar-refractivity contribution in [3.63, 3.8) is 0 Å². The number of nitriles is 1. The fraction of sp³-hybridized carbons (Fsp3) is 0.273. The first-order valence-electron chi connectivity index (χ1n) is 14.1. The van der Waals surface area contributed by atoms with E-state index in [-0.39, 0.29) is 17.4 Å². The smallest absolute Gasteiger partial charge is 0.414 e. The molecule has 0 atom stereocenters. The zero-order valence-corrected chi connectivity index (χ0v) is 26.4. The number of hydrogen-bond acceptors (Lipinski definition) is 8. The van der Waals surface area contributed by atoms with Crippen LogP contribution < -0.4 is 10.7 Å². The van der Waals surface area contributed by atoms with Gasteiger partial charge in [-0.25, -0.2) is 17.2 Å². The molecular weight excluding hydrogens is 578 g/mol. The van der Waals surface area contributed by atoms with Crippen LogP contribution in [0, 0.1) is 32.1 Å². The summed E-state index contributed by atoms with van der Waals surface area (Å²) in [7, 11) is -3.78. The molecule has 0 bridgehead atoms. The number of imide groups is 1. The number of amides is 2. The van der Waals surface area contributed by atoms with Gasteiger partial charge in [0.05, 0.1) is 22.7 Å². The summed E-state index contributed by atoms with van der Waals surface area (Å²) in [5, 5.41) is 15.9. The Kier molecular flexibility index (Phi) is 9.55. The first-order valence-corrected chi connectivity index (χ1v) is 15.6. The molecule has 0 saturated heterocycles. The molecule has 11 heteroatoms. The molecule has 1 aromatic heterocycles. The molecule has 3 aromatic carbocycles. The van der Waals surface area contributed by atoms with Gasteiger partial charge in [-0.2, -0.15) is 10.4 Å². The highest BCUT2D eigenvalue weighted by Gasteiger charge is 2.21. The standard InChI is InChI=1S/C33H35N5O5S/c1-7-43-33(40)35-32(39)30(19-34)37-36-26-14-22(5)29(23(6)15-26)17-24-9-11-31-25(16-24)12-13-38(31)44(41,42)27-10-8-21(4)28(18-27)20(2)3/h8-16,18,20,36H,7,17H2,1-6H3,(H,35,39,40). The number of rotatable bonds is 9. The number of nitrogens with zero attached hydrogens (tertiary/aromatic N) is 3. The topological polar surface area (TPSA) is 143 Å². The van der Waals surface area contributed by atoms with Gasteiger partial charge < -0.3 is 4.74 Å². The summed E-state index contributed by atoms with van der Waals surface area (Å²) < 4.78 is 33.2. The van der Waals surface area contributed by atoms with Crippen LogP contribution in [0.15, 0.2) is 70.8 Å². The van der Waals surface area contributed by atoms with E-state index in [0.717, 1.165) is 38.8 Å². The Hall–Kier alpha value is -4.95. The number of fused-ring (bicyclic) bond motifs is 1. The Morgan fingerprint density at radius 2 is 1.70 bits per heavy atom.